The van der Waals surface area contributed by atoms with Gasteiger partial charge in [0, 0.05) is 0 Å². The van der Waals surface area contributed by atoms with Gasteiger partial charge < -0.3 is 4.74 Å². The van der Waals surface area contributed by atoms with E-state index in [1.165, 1.54) is 25.3 Å². The molecule has 23 heavy (non-hydrogen) atoms. The van der Waals surface area contributed by atoms with E-state index < -0.39 is 16.1 Å². The minimum Gasteiger partial charge on any atom is -0.465 e. The van der Waals surface area contributed by atoms with Gasteiger partial charge in [-0.15, -0.1) is 36.4 Å². The summed E-state index contributed by atoms with van der Waals surface area (Å²) in [5.74, 6) is -0.683. The van der Waals surface area contributed by atoms with E-state index in [-0.39, 0.29) is 45.6 Å². The van der Waals surface area contributed by atoms with Crippen molar-refractivity contribution in [2.24, 2.45) is 0 Å². The molecule has 0 atom stereocenters. The summed E-state index contributed by atoms with van der Waals surface area (Å²) in [5, 5.41) is 0. The predicted molar refractivity (Wildman–Crippen MR) is 81.8 cm³/mol. The van der Waals surface area contributed by atoms with Crippen LogP contribution >= 0.6 is 0 Å². The number of carbonyl (C=O) groups excluding carboxylic acids is 1. The van der Waals surface area contributed by atoms with E-state index >= 15 is 0 Å². The first-order chi connectivity index (χ1) is 10.4. The zero-order valence-electron chi connectivity index (χ0n) is 12.7. The van der Waals surface area contributed by atoms with Crippen LogP contribution in [0.2, 0.25) is 0 Å². The number of ether oxygens (including phenoxy) is 1. The molecule has 0 aliphatic heterocycles. The van der Waals surface area contributed by atoms with Crippen LogP contribution in [-0.2, 0) is 14.9 Å². The molecule has 0 radical (unpaired) electrons. The molecule has 0 aromatic heterocycles. The van der Waals surface area contributed by atoms with Crippen molar-refractivity contribution in [2.75, 3.05) is 7.11 Å². The van der Waals surface area contributed by atoms with Gasteiger partial charge in [-0.2, -0.15) is 14.0 Å². The molecule has 0 amide bonds. The molecule has 0 saturated carbocycles. The van der Waals surface area contributed by atoms with Crippen LogP contribution in [0.3, 0.4) is 0 Å². The standard InChI is InChI=1S/C16H13O5S.Na/c1-21-16(17)14-10-9-13(15(11-14)22(18,19)20)8-7-12-5-3-2-4-6-12;/h2-5,7-11H,1H3,(H,18,19,20);/q-1;+1. The third-order valence-corrected chi connectivity index (χ3v) is 3.80. The van der Waals surface area contributed by atoms with Gasteiger partial charge in [0.05, 0.1) is 12.7 Å². The first-order valence-electron chi connectivity index (χ1n) is 6.26. The second-order valence-electron chi connectivity index (χ2n) is 4.37. The zero-order valence-corrected chi connectivity index (χ0v) is 15.5. The van der Waals surface area contributed by atoms with Crippen molar-refractivity contribution in [2.45, 2.75) is 4.90 Å². The second kappa shape index (κ2) is 8.42. The summed E-state index contributed by atoms with van der Waals surface area (Å²) in [5.41, 5.74) is 1.05. The quantitative estimate of drug-likeness (QED) is 0.272. The Morgan fingerprint density at radius 1 is 1.22 bits per heavy atom. The van der Waals surface area contributed by atoms with Gasteiger partial charge in [0.2, 0.25) is 0 Å². The number of benzene rings is 2. The van der Waals surface area contributed by atoms with Gasteiger partial charge in [-0.1, -0.05) is 12.1 Å². The van der Waals surface area contributed by atoms with E-state index in [1.807, 2.05) is 12.1 Å². The third-order valence-electron chi connectivity index (χ3n) is 2.89. The van der Waals surface area contributed by atoms with Crippen LogP contribution in [-0.4, -0.2) is 26.0 Å². The maximum absolute atomic E-state index is 11.5. The molecule has 0 aliphatic carbocycles. The van der Waals surface area contributed by atoms with Crippen molar-refractivity contribution in [3.63, 3.8) is 0 Å². The molecule has 2 rings (SSSR count). The van der Waals surface area contributed by atoms with E-state index in [0.717, 1.165) is 11.6 Å². The summed E-state index contributed by atoms with van der Waals surface area (Å²) in [6.07, 6.45) is 3.18. The smallest absolute Gasteiger partial charge is 0.465 e. The fourth-order valence-corrected chi connectivity index (χ4v) is 2.54. The number of hydrogen-bond donors (Lipinski definition) is 1. The molecule has 0 unspecified atom stereocenters. The summed E-state index contributed by atoms with van der Waals surface area (Å²) in [7, 11) is -3.28. The molecule has 0 aliphatic rings. The van der Waals surface area contributed by atoms with E-state index in [0.29, 0.717) is 0 Å². The van der Waals surface area contributed by atoms with Gasteiger partial charge >= 0.3 is 35.5 Å². The van der Waals surface area contributed by atoms with E-state index in [2.05, 4.69) is 10.8 Å². The van der Waals surface area contributed by atoms with Crippen LogP contribution in [0.4, 0.5) is 0 Å². The molecule has 114 valence electrons. The number of esters is 1. The van der Waals surface area contributed by atoms with Crippen molar-refractivity contribution >= 4 is 28.2 Å². The van der Waals surface area contributed by atoms with Crippen LogP contribution in [0.15, 0.2) is 47.4 Å². The Labute approximate surface area is 157 Å². The molecule has 0 fully saturated rings. The predicted octanol–water partition coefficient (Wildman–Crippen LogP) is -0.306. The Morgan fingerprint density at radius 2 is 1.96 bits per heavy atom. The molecule has 0 spiro atoms. The molecular formula is C16H13NaO5S. The molecular weight excluding hydrogens is 327 g/mol. The van der Waals surface area contributed by atoms with Gasteiger partial charge in [-0.05, 0) is 17.7 Å². The van der Waals surface area contributed by atoms with Crippen LogP contribution in [0, 0.1) is 6.07 Å². The van der Waals surface area contributed by atoms with Crippen molar-refractivity contribution in [3.05, 3.63) is 65.2 Å². The minimum atomic E-state index is -4.47. The second-order valence-corrected chi connectivity index (χ2v) is 5.76. The van der Waals surface area contributed by atoms with E-state index in [1.54, 1.807) is 18.2 Å². The topological polar surface area (TPSA) is 80.7 Å². The van der Waals surface area contributed by atoms with Crippen LogP contribution in [0.1, 0.15) is 21.5 Å². The first kappa shape index (κ1) is 19.6. The third kappa shape index (κ3) is 5.30. The maximum atomic E-state index is 11.5. The van der Waals surface area contributed by atoms with Crippen molar-refractivity contribution in [1.29, 1.82) is 0 Å². The number of carbonyl (C=O) groups is 1. The molecule has 1 N–H and O–H groups in total. The number of rotatable bonds is 4. The van der Waals surface area contributed by atoms with Crippen LogP contribution in [0.25, 0.3) is 12.2 Å². The molecule has 7 heteroatoms. The van der Waals surface area contributed by atoms with E-state index in [9.17, 15) is 17.8 Å². The molecule has 0 bridgehead atoms. The van der Waals surface area contributed by atoms with Gasteiger partial charge in [0.25, 0.3) is 10.1 Å². The fraction of sp³-hybridized carbons (Fsp3) is 0.0625. The van der Waals surface area contributed by atoms with Gasteiger partial charge in [0.1, 0.15) is 4.90 Å². The maximum Gasteiger partial charge on any atom is 1.00 e. The molecule has 0 heterocycles. The summed E-state index contributed by atoms with van der Waals surface area (Å²) in [6, 6.07) is 14.0. The average molecular weight is 340 g/mol. The van der Waals surface area contributed by atoms with Gasteiger partial charge in [-0.3, -0.25) is 4.55 Å². The summed E-state index contributed by atoms with van der Waals surface area (Å²) >= 11 is 0. The molecule has 5 nitrogen and oxygen atoms in total. The van der Waals surface area contributed by atoms with Gasteiger partial charge in [-0.25, -0.2) is 4.79 Å². The number of methoxy groups -OCH3 is 1. The van der Waals surface area contributed by atoms with Crippen molar-refractivity contribution in [3.8, 4) is 0 Å². The zero-order chi connectivity index (χ0) is 16.2. The summed E-state index contributed by atoms with van der Waals surface area (Å²) in [4.78, 5) is 11.1. The van der Waals surface area contributed by atoms with Crippen LogP contribution < -0.4 is 29.6 Å². The van der Waals surface area contributed by atoms with Gasteiger partial charge in [0.15, 0.2) is 0 Å². The number of hydrogen-bond acceptors (Lipinski definition) is 4. The molecule has 2 aromatic carbocycles. The molecule has 2 aromatic rings. The minimum absolute atomic E-state index is 0. The summed E-state index contributed by atoms with van der Waals surface area (Å²) in [6.45, 7) is 0. The Hall–Kier alpha value is -1.44. The van der Waals surface area contributed by atoms with Crippen molar-refractivity contribution < 1.29 is 52.1 Å². The van der Waals surface area contributed by atoms with E-state index in [4.69, 9.17) is 0 Å². The normalized spacial score (nSPS) is 11.0. The molecule has 0 saturated heterocycles. The Bertz CT molecular complexity index is 814. The average Bonchev–Trinajstić information content (AvgIpc) is 2.52. The largest absolute Gasteiger partial charge is 1.00 e. The Kier molecular flexibility index (Phi) is 7.18. The summed E-state index contributed by atoms with van der Waals surface area (Å²) < 4.78 is 36.8. The first-order valence-corrected chi connectivity index (χ1v) is 7.70. The Balaban J connectivity index is 0.00000264. The SMILES string of the molecule is COC(=O)c1ccc(C=Cc2[c-]cccc2)c(S(=O)(=O)O)c1.[Na+]. The Morgan fingerprint density at radius 3 is 2.52 bits per heavy atom. The van der Waals surface area contributed by atoms with Crippen molar-refractivity contribution in [1.82, 2.24) is 0 Å². The fourth-order valence-electron chi connectivity index (χ4n) is 1.83. The monoisotopic (exact) mass is 340 g/mol. The van der Waals surface area contributed by atoms with Crippen LogP contribution in [0.5, 0.6) is 0 Å².